The molecule has 3 N–H and O–H groups in total. The van der Waals surface area contributed by atoms with E-state index in [0.717, 1.165) is 23.7 Å². The number of methoxy groups -OCH3 is 1. The van der Waals surface area contributed by atoms with Crippen LogP contribution < -0.4 is 15.8 Å². The van der Waals surface area contributed by atoms with Gasteiger partial charge in [0.2, 0.25) is 0 Å². The van der Waals surface area contributed by atoms with Crippen LogP contribution in [0.5, 0.6) is 5.75 Å². The number of rotatable bonds is 3. The van der Waals surface area contributed by atoms with Gasteiger partial charge in [-0.2, -0.15) is 0 Å². The van der Waals surface area contributed by atoms with Gasteiger partial charge in [-0.05, 0) is 61.1 Å². The summed E-state index contributed by atoms with van der Waals surface area (Å²) in [5.41, 5.74) is 6.95. The smallest absolute Gasteiger partial charge is 0.253 e. The fourth-order valence-electron chi connectivity index (χ4n) is 4.61. The molecule has 4 atom stereocenters. The quantitative estimate of drug-likeness (QED) is 0.828. The first kappa shape index (κ1) is 12.1. The maximum absolute atomic E-state index is 12.4. The van der Waals surface area contributed by atoms with E-state index in [1.165, 1.54) is 19.3 Å². The molecule has 3 fully saturated rings. The topological polar surface area (TPSA) is 64.3 Å². The zero-order valence-corrected chi connectivity index (χ0v) is 11.6. The molecule has 1 aromatic carbocycles. The second kappa shape index (κ2) is 4.14. The van der Waals surface area contributed by atoms with Gasteiger partial charge in [-0.15, -0.1) is 0 Å². The highest BCUT2D eigenvalue weighted by Gasteiger charge is 2.65. The highest BCUT2D eigenvalue weighted by Crippen LogP contribution is 2.65. The van der Waals surface area contributed by atoms with Crippen LogP contribution in [-0.2, 0) is 0 Å². The van der Waals surface area contributed by atoms with Gasteiger partial charge in [-0.3, -0.25) is 4.79 Å². The van der Waals surface area contributed by atoms with Crippen molar-refractivity contribution in [3.63, 3.8) is 0 Å². The van der Waals surface area contributed by atoms with E-state index in [0.29, 0.717) is 23.0 Å². The van der Waals surface area contributed by atoms with Crippen LogP contribution in [0, 0.1) is 23.7 Å². The number of hydrogen-bond acceptors (Lipinski definition) is 3. The van der Waals surface area contributed by atoms with Gasteiger partial charge in [0, 0.05) is 11.7 Å². The summed E-state index contributed by atoms with van der Waals surface area (Å²) in [6.07, 6.45) is 4.11. The minimum Gasteiger partial charge on any atom is -0.497 e. The van der Waals surface area contributed by atoms with E-state index in [1.54, 1.807) is 25.3 Å². The maximum Gasteiger partial charge on any atom is 0.253 e. The molecule has 0 aromatic heterocycles. The van der Waals surface area contributed by atoms with Crippen molar-refractivity contribution in [3.05, 3.63) is 23.8 Å². The van der Waals surface area contributed by atoms with Gasteiger partial charge in [-0.1, -0.05) is 0 Å². The third-order valence-electron chi connectivity index (χ3n) is 5.54. The number of anilines is 1. The number of nitrogens with one attached hydrogen (secondary N) is 1. The first-order valence-electron chi connectivity index (χ1n) is 7.43. The molecule has 4 unspecified atom stereocenters. The molecule has 0 radical (unpaired) electrons. The van der Waals surface area contributed by atoms with Crippen LogP contribution in [-0.4, -0.2) is 19.1 Å². The van der Waals surface area contributed by atoms with Crippen molar-refractivity contribution in [2.24, 2.45) is 23.7 Å². The van der Waals surface area contributed by atoms with E-state index < -0.39 is 0 Å². The van der Waals surface area contributed by atoms with Gasteiger partial charge in [0.25, 0.3) is 5.91 Å². The number of carbonyl (C=O) groups is 1. The second-order valence-corrected chi connectivity index (χ2v) is 6.44. The Bertz CT molecular complexity index is 556. The number of nitrogens with two attached hydrogens (primary N) is 1. The fraction of sp³-hybridized carbons (Fsp3) is 0.562. The van der Waals surface area contributed by atoms with Gasteiger partial charge in [0.05, 0.1) is 12.7 Å². The van der Waals surface area contributed by atoms with Crippen molar-refractivity contribution in [1.82, 2.24) is 5.32 Å². The Labute approximate surface area is 118 Å². The summed E-state index contributed by atoms with van der Waals surface area (Å²) in [6.45, 7) is 0. The lowest BCUT2D eigenvalue weighted by atomic mass is 10.0. The molecule has 20 heavy (non-hydrogen) atoms. The van der Waals surface area contributed by atoms with E-state index in [1.807, 2.05) is 0 Å². The fourth-order valence-corrected chi connectivity index (χ4v) is 4.61. The van der Waals surface area contributed by atoms with Crippen molar-refractivity contribution < 1.29 is 9.53 Å². The predicted molar refractivity (Wildman–Crippen MR) is 76.5 cm³/mol. The van der Waals surface area contributed by atoms with Gasteiger partial charge < -0.3 is 15.8 Å². The van der Waals surface area contributed by atoms with E-state index in [9.17, 15) is 4.79 Å². The monoisotopic (exact) mass is 272 g/mol. The Morgan fingerprint density at radius 3 is 2.65 bits per heavy atom. The Kier molecular flexibility index (Phi) is 2.50. The first-order valence-corrected chi connectivity index (χ1v) is 7.43. The van der Waals surface area contributed by atoms with Gasteiger partial charge in [-0.25, -0.2) is 0 Å². The average molecular weight is 272 g/mol. The maximum atomic E-state index is 12.4. The number of hydrogen-bond donors (Lipinski definition) is 2. The summed E-state index contributed by atoms with van der Waals surface area (Å²) >= 11 is 0. The Morgan fingerprint density at radius 2 is 2.00 bits per heavy atom. The summed E-state index contributed by atoms with van der Waals surface area (Å²) in [7, 11) is 1.59. The third-order valence-corrected chi connectivity index (χ3v) is 5.54. The molecule has 0 saturated heterocycles. The van der Waals surface area contributed by atoms with Crippen molar-refractivity contribution >= 4 is 11.6 Å². The van der Waals surface area contributed by atoms with Crippen LogP contribution in [0.1, 0.15) is 29.6 Å². The zero-order valence-electron chi connectivity index (χ0n) is 11.6. The van der Waals surface area contributed by atoms with Gasteiger partial charge >= 0.3 is 0 Å². The first-order chi connectivity index (χ1) is 9.69. The Balaban J connectivity index is 1.49. The van der Waals surface area contributed by atoms with Crippen molar-refractivity contribution in [2.45, 2.75) is 25.3 Å². The van der Waals surface area contributed by atoms with Crippen LogP contribution in [0.2, 0.25) is 0 Å². The lowest BCUT2D eigenvalue weighted by Gasteiger charge is -2.12. The molecule has 0 aliphatic heterocycles. The molecule has 3 aliphatic rings. The van der Waals surface area contributed by atoms with Crippen LogP contribution in [0.3, 0.4) is 0 Å². The molecular weight excluding hydrogens is 252 g/mol. The summed E-state index contributed by atoms with van der Waals surface area (Å²) in [6, 6.07) is 5.61. The summed E-state index contributed by atoms with van der Waals surface area (Å²) in [5, 5.41) is 3.19. The van der Waals surface area contributed by atoms with E-state index in [2.05, 4.69) is 5.32 Å². The highest BCUT2D eigenvalue weighted by molar-refractivity contribution is 6.00. The van der Waals surface area contributed by atoms with Gasteiger partial charge in [0.1, 0.15) is 5.75 Å². The number of ether oxygens (including phenoxy) is 1. The number of nitrogen functional groups attached to an aromatic ring is 1. The SMILES string of the molecule is COc1ccc(N)c(C(=O)NC2C3C4CCC(C4)C23)c1. The van der Waals surface area contributed by atoms with Crippen LogP contribution >= 0.6 is 0 Å². The number of benzene rings is 1. The summed E-state index contributed by atoms with van der Waals surface area (Å²) in [4.78, 5) is 12.4. The minimum atomic E-state index is -0.0554. The molecular formula is C16H20N2O2. The lowest BCUT2D eigenvalue weighted by molar-refractivity contribution is 0.0945. The summed E-state index contributed by atoms with van der Waals surface area (Å²) < 4.78 is 5.16. The number of fused-ring (bicyclic) bond motifs is 5. The zero-order chi connectivity index (χ0) is 13.9. The molecule has 3 aliphatic carbocycles. The van der Waals surface area contributed by atoms with Crippen molar-refractivity contribution in [1.29, 1.82) is 0 Å². The second-order valence-electron chi connectivity index (χ2n) is 6.44. The predicted octanol–water partition coefficient (Wildman–Crippen LogP) is 2.05. The molecule has 0 spiro atoms. The third kappa shape index (κ3) is 1.63. The molecule has 1 amide bonds. The van der Waals surface area contributed by atoms with Crippen LogP contribution in [0.25, 0.3) is 0 Å². The van der Waals surface area contributed by atoms with E-state index >= 15 is 0 Å². The number of amides is 1. The minimum absolute atomic E-state index is 0.0554. The highest BCUT2D eigenvalue weighted by atomic mass is 16.5. The molecule has 4 nitrogen and oxygen atoms in total. The number of carbonyl (C=O) groups excluding carboxylic acids is 1. The van der Waals surface area contributed by atoms with Crippen LogP contribution in [0.15, 0.2) is 18.2 Å². The Hall–Kier alpha value is -1.71. The molecule has 0 heterocycles. The molecule has 2 bridgehead atoms. The molecule has 4 heteroatoms. The summed E-state index contributed by atoms with van der Waals surface area (Å²) in [5.74, 6) is 3.81. The van der Waals surface area contributed by atoms with E-state index in [-0.39, 0.29) is 5.91 Å². The molecule has 1 aromatic rings. The van der Waals surface area contributed by atoms with Crippen molar-refractivity contribution in [3.8, 4) is 5.75 Å². The average Bonchev–Trinajstić information content (AvgIpc) is 2.85. The molecule has 106 valence electrons. The molecule has 3 saturated carbocycles. The van der Waals surface area contributed by atoms with Crippen LogP contribution in [0.4, 0.5) is 5.69 Å². The Morgan fingerprint density at radius 1 is 1.30 bits per heavy atom. The standard InChI is InChI=1S/C16H20N2O2/c1-20-10-4-5-12(17)11(7-10)16(19)18-15-13-8-2-3-9(6-8)14(13)15/h4-5,7-9,13-15H,2-3,6,17H2,1H3,(H,18,19). The lowest BCUT2D eigenvalue weighted by Crippen LogP contribution is -2.30. The molecule has 4 rings (SSSR count). The van der Waals surface area contributed by atoms with E-state index in [4.69, 9.17) is 10.5 Å². The van der Waals surface area contributed by atoms with Crippen molar-refractivity contribution in [2.75, 3.05) is 12.8 Å². The largest absolute Gasteiger partial charge is 0.497 e. The normalized spacial score (nSPS) is 36.5. The van der Waals surface area contributed by atoms with Gasteiger partial charge in [0.15, 0.2) is 0 Å².